The fourth-order valence-electron chi connectivity index (χ4n) is 3.17. The quantitative estimate of drug-likeness (QED) is 0.856. The van der Waals surface area contributed by atoms with E-state index in [0.717, 1.165) is 38.4 Å². The molecule has 0 bridgehead atoms. The fraction of sp³-hybridized carbons (Fsp3) is 0.364. The standard InChI is InChI=1S/C22H28N4O/c1-18(2)24-22(27)21-17-20(10-11-23-21)26-15-13-25(14-16-26)12-6-9-19-7-4-3-5-8-19/h3-11,17-18H,12-16H2,1-2H3,(H,24,27)/b9-6+. The summed E-state index contributed by atoms with van der Waals surface area (Å²) in [5.74, 6) is -0.114. The molecule has 0 aliphatic carbocycles. The van der Waals surface area contributed by atoms with Crippen molar-refractivity contribution in [2.75, 3.05) is 37.6 Å². The number of rotatable bonds is 6. The van der Waals surface area contributed by atoms with Crippen LogP contribution in [0.5, 0.6) is 0 Å². The Labute approximate surface area is 161 Å². The second-order valence-corrected chi connectivity index (χ2v) is 7.13. The molecule has 1 amide bonds. The maximum Gasteiger partial charge on any atom is 0.270 e. The van der Waals surface area contributed by atoms with Crippen molar-refractivity contribution >= 4 is 17.7 Å². The molecule has 0 radical (unpaired) electrons. The van der Waals surface area contributed by atoms with Crippen LogP contribution in [0.2, 0.25) is 0 Å². The van der Waals surface area contributed by atoms with Crippen LogP contribution in [-0.2, 0) is 0 Å². The molecule has 142 valence electrons. The number of nitrogens with zero attached hydrogens (tertiary/aromatic N) is 3. The van der Waals surface area contributed by atoms with Gasteiger partial charge in [0.1, 0.15) is 5.69 Å². The van der Waals surface area contributed by atoms with E-state index in [-0.39, 0.29) is 11.9 Å². The molecular formula is C22H28N4O. The van der Waals surface area contributed by atoms with E-state index in [1.807, 2.05) is 32.0 Å². The maximum atomic E-state index is 12.2. The Hall–Kier alpha value is -2.66. The molecule has 5 heteroatoms. The number of aromatic nitrogens is 1. The summed E-state index contributed by atoms with van der Waals surface area (Å²) in [6.07, 6.45) is 6.13. The molecular weight excluding hydrogens is 336 g/mol. The first-order valence-electron chi connectivity index (χ1n) is 9.57. The van der Waals surface area contributed by atoms with E-state index in [4.69, 9.17) is 0 Å². The number of piperazine rings is 1. The van der Waals surface area contributed by atoms with E-state index in [1.54, 1.807) is 6.20 Å². The van der Waals surface area contributed by atoms with Crippen molar-refractivity contribution in [2.24, 2.45) is 0 Å². The Morgan fingerprint density at radius 1 is 1.15 bits per heavy atom. The number of hydrogen-bond acceptors (Lipinski definition) is 4. The van der Waals surface area contributed by atoms with Gasteiger partial charge in [0.2, 0.25) is 0 Å². The Kier molecular flexibility index (Phi) is 6.60. The minimum absolute atomic E-state index is 0.107. The molecule has 1 N–H and O–H groups in total. The Bertz CT molecular complexity index is 765. The molecule has 0 atom stereocenters. The van der Waals surface area contributed by atoms with Gasteiger partial charge < -0.3 is 10.2 Å². The summed E-state index contributed by atoms with van der Waals surface area (Å²) in [6, 6.07) is 14.4. The molecule has 0 spiro atoms. The number of hydrogen-bond donors (Lipinski definition) is 1. The van der Waals surface area contributed by atoms with E-state index in [2.05, 4.69) is 56.5 Å². The second kappa shape index (κ2) is 9.33. The summed E-state index contributed by atoms with van der Waals surface area (Å²) >= 11 is 0. The molecule has 0 unspecified atom stereocenters. The average Bonchev–Trinajstić information content (AvgIpc) is 2.69. The summed E-state index contributed by atoms with van der Waals surface area (Å²) < 4.78 is 0. The van der Waals surface area contributed by atoms with E-state index >= 15 is 0 Å². The normalized spacial score (nSPS) is 15.4. The van der Waals surface area contributed by atoms with E-state index in [1.165, 1.54) is 5.56 Å². The third kappa shape index (κ3) is 5.66. The molecule has 1 aliphatic rings. The predicted molar refractivity (Wildman–Crippen MR) is 111 cm³/mol. The highest BCUT2D eigenvalue weighted by atomic mass is 16.1. The van der Waals surface area contributed by atoms with Crippen LogP contribution >= 0.6 is 0 Å². The van der Waals surface area contributed by atoms with Gasteiger partial charge in [0, 0.05) is 50.6 Å². The first-order chi connectivity index (χ1) is 13.1. The number of anilines is 1. The number of benzene rings is 1. The molecule has 2 heterocycles. The zero-order chi connectivity index (χ0) is 19.1. The van der Waals surface area contributed by atoms with Crippen LogP contribution in [0.25, 0.3) is 6.08 Å². The van der Waals surface area contributed by atoms with Gasteiger partial charge in [-0.15, -0.1) is 0 Å². The number of pyridine rings is 1. The number of nitrogens with one attached hydrogen (secondary N) is 1. The zero-order valence-corrected chi connectivity index (χ0v) is 16.1. The van der Waals surface area contributed by atoms with Crippen molar-refractivity contribution in [3.05, 3.63) is 66.0 Å². The van der Waals surface area contributed by atoms with Crippen LogP contribution < -0.4 is 10.2 Å². The lowest BCUT2D eigenvalue weighted by Gasteiger charge is -2.35. The smallest absolute Gasteiger partial charge is 0.270 e. The highest BCUT2D eigenvalue weighted by molar-refractivity contribution is 5.93. The highest BCUT2D eigenvalue weighted by Gasteiger charge is 2.18. The molecule has 2 aromatic rings. The summed E-state index contributed by atoms with van der Waals surface area (Å²) in [4.78, 5) is 21.2. The van der Waals surface area contributed by atoms with Crippen LogP contribution in [0.3, 0.4) is 0 Å². The Balaban J connectivity index is 1.52. The molecule has 0 saturated carbocycles. The molecule has 1 aliphatic heterocycles. The average molecular weight is 364 g/mol. The maximum absolute atomic E-state index is 12.2. The second-order valence-electron chi connectivity index (χ2n) is 7.13. The van der Waals surface area contributed by atoms with E-state index in [0.29, 0.717) is 5.69 Å². The SMILES string of the molecule is CC(C)NC(=O)c1cc(N2CCN(C/C=C/c3ccccc3)CC2)ccn1. The van der Waals surface area contributed by atoms with Crippen molar-refractivity contribution in [1.82, 2.24) is 15.2 Å². The summed E-state index contributed by atoms with van der Waals surface area (Å²) in [6.45, 7) is 8.79. The van der Waals surface area contributed by atoms with Crippen LogP contribution in [0.15, 0.2) is 54.7 Å². The van der Waals surface area contributed by atoms with Crippen molar-refractivity contribution < 1.29 is 4.79 Å². The topological polar surface area (TPSA) is 48.5 Å². The minimum Gasteiger partial charge on any atom is -0.369 e. The Morgan fingerprint density at radius 3 is 2.59 bits per heavy atom. The van der Waals surface area contributed by atoms with Gasteiger partial charge in [0.05, 0.1) is 0 Å². The lowest BCUT2D eigenvalue weighted by atomic mass is 10.2. The first kappa shape index (κ1) is 19.1. The molecule has 1 aromatic heterocycles. The van der Waals surface area contributed by atoms with Gasteiger partial charge in [-0.05, 0) is 31.5 Å². The van der Waals surface area contributed by atoms with Crippen LogP contribution in [0, 0.1) is 0 Å². The van der Waals surface area contributed by atoms with Crippen LogP contribution in [0.4, 0.5) is 5.69 Å². The third-order valence-electron chi connectivity index (χ3n) is 4.61. The minimum atomic E-state index is -0.114. The first-order valence-corrected chi connectivity index (χ1v) is 9.57. The van der Waals surface area contributed by atoms with Gasteiger partial charge in [-0.1, -0.05) is 42.5 Å². The fourth-order valence-corrected chi connectivity index (χ4v) is 3.17. The van der Waals surface area contributed by atoms with Crippen molar-refractivity contribution in [2.45, 2.75) is 19.9 Å². The summed E-state index contributed by atoms with van der Waals surface area (Å²) in [7, 11) is 0. The predicted octanol–water partition coefficient (Wildman–Crippen LogP) is 3.06. The van der Waals surface area contributed by atoms with Gasteiger partial charge in [-0.25, -0.2) is 0 Å². The lowest BCUT2D eigenvalue weighted by Crippen LogP contribution is -2.46. The van der Waals surface area contributed by atoms with Gasteiger partial charge in [0.15, 0.2) is 0 Å². The van der Waals surface area contributed by atoms with Crippen LogP contribution in [-0.4, -0.2) is 54.6 Å². The van der Waals surface area contributed by atoms with E-state index in [9.17, 15) is 4.79 Å². The van der Waals surface area contributed by atoms with Gasteiger partial charge in [0.25, 0.3) is 5.91 Å². The molecule has 1 saturated heterocycles. The van der Waals surface area contributed by atoms with Crippen molar-refractivity contribution in [3.63, 3.8) is 0 Å². The van der Waals surface area contributed by atoms with Crippen LogP contribution in [0.1, 0.15) is 29.9 Å². The van der Waals surface area contributed by atoms with Crippen molar-refractivity contribution in [3.8, 4) is 0 Å². The number of carbonyl (C=O) groups excluding carboxylic acids is 1. The number of carbonyl (C=O) groups is 1. The van der Waals surface area contributed by atoms with Crippen molar-refractivity contribution in [1.29, 1.82) is 0 Å². The molecule has 5 nitrogen and oxygen atoms in total. The van der Waals surface area contributed by atoms with Gasteiger partial charge >= 0.3 is 0 Å². The summed E-state index contributed by atoms with van der Waals surface area (Å²) in [5.41, 5.74) is 2.79. The monoisotopic (exact) mass is 364 g/mol. The highest BCUT2D eigenvalue weighted by Crippen LogP contribution is 2.17. The summed E-state index contributed by atoms with van der Waals surface area (Å²) in [5, 5.41) is 2.90. The largest absolute Gasteiger partial charge is 0.369 e. The zero-order valence-electron chi connectivity index (χ0n) is 16.1. The van der Waals surface area contributed by atoms with Gasteiger partial charge in [-0.3, -0.25) is 14.7 Å². The van der Waals surface area contributed by atoms with Gasteiger partial charge in [-0.2, -0.15) is 0 Å². The third-order valence-corrected chi connectivity index (χ3v) is 4.61. The molecule has 3 rings (SSSR count). The lowest BCUT2D eigenvalue weighted by molar-refractivity contribution is 0.0938. The Morgan fingerprint density at radius 2 is 1.89 bits per heavy atom. The van der Waals surface area contributed by atoms with E-state index < -0.39 is 0 Å². The molecule has 1 aromatic carbocycles. The molecule has 27 heavy (non-hydrogen) atoms. The molecule has 1 fully saturated rings. The number of amides is 1.